The Balaban J connectivity index is 2.19. The largest absolute Gasteiger partial charge is 0.497 e. The van der Waals surface area contributed by atoms with Gasteiger partial charge in [-0.3, -0.25) is 18.5 Å². The summed E-state index contributed by atoms with van der Waals surface area (Å²) in [5, 5.41) is 12.1. The second-order valence-electron chi connectivity index (χ2n) is 5.90. The van der Waals surface area contributed by atoms with Crippen LogP contribution in [0.3, 0.4) is 0 Å². The first kappa shape index (κ1) is 17.7. The van der Waals surface area contributed by atoms with Crippen molar-refractivity contribution in [3.8, 4) is 5.75 Å². The first-order chi connectivity index (χ1) is 12.5. The Morgan fingerprint density at radius 3 is 2.46 bits per heavy atom. The van der Waals surface area contributed by atoms with E-state index in [-0.39, 0.29) is 13.2 Å². The number of fused-ring (bicyclic) bond motifs is 1. The average molecular weight is 359 g/mol. The highest BCUT2D eigenvalue weighted by Gasteiger charge is 2.19. The Hall–Kier alpha value is -3.07. The van der Waals surface area contributed by atoms with Crippen LogP contribution in [0.15, 0.2) is 33.9 Å². The number of hydrogen-bond acceptors (Lipinski definition) is 6. The topological polar surface area (TPSA) is 103 Å². The summed E-state index contributed by atoms with van der Waals surface area (Å²) >= 11 is 0. The number of nitrogens with one attached hydrogen (secondary N) is 1. The van der Waals surface area contributed by atoms with Gasteiger partial charge in [0, 0.05) is 20.6 Å². The fourth-order valence-electron chi connectivity index (χ4n) is 2.82. The molecular weight excluding hydrogens is 338 g/mol. The summed E-state index contributed by atoms with van der Waals surface area (Å²) in [6.45, 7) is 0.574. The van der Waals surface area contributed by atoms with Crippen molar-refractivity contribution in [1.82, 2.24) is 18.7 Å². The predicted octanol–water partition coefficient (Wildman–Crippen LogP) is -0.105. The zero-order valence-electron chi connectivity index (χ0n) is 14.9. The first-order valence-electron chi connectivity index (χ1n) is 8.11. The molecule has 9 heteroatoms. The fraction of sp³-hybridized carbons (Fsp3) is 0.353. The van der Waals surface area contributed by atoms with Gasteiger partial charge in [-0.15, -0.1) is 0 Å². The molecule has 0 bridgehead atoms. The van der Waals surface area contributed by atoms with E-state index in [0.717, 1.165) is 15.9 Å². The number of aliphatic hydroxyl groups excluding tert-OH is 1. The lowest BCUT2D eigenvalue weighted by molar-refractivity contribution is 0.310. The molecule has 0 aliphatic rings. The molecule has 138 valence electrons. The van der Waals surface area contributed by atoms with E-state index in [2.05, 4.69) is 10.3 Å². The standard InChI is InChI=1S/C17H21N5O4/c1-20-14-13(15(24)21(2)17(20)25)22(16(19-14)18-8-9-23)10-11-4-6-12(26-3)7-5-11/h4-7,23H,8-10H2,1-3H3,(H,18,19). The third kappa shape index (κ3) is 2.97. The van der Waals surface area contributed by atoms with Gasteiger partial charge in [0.15, 0.2) is 11.2 Å². The van der Waals surface area contributed by atoms with Crippen LogP contribution in [0.1, 0.15) is 5.56 Å². The summed E-state index contributed by atoms with van der Waals surface area (Å²) in [5.74, 6) is 1.16. The molecule has 0 aliphatic heterocycles. The van der Waals surface area contributed by atoms with Crippen molar-refractivity contribution in [2.24, 2.45) is 14.1 Å². The highest BCUT2D eigenvalue weighted by molar-refractivity contribution is 5.74. The van der Waals surface area contributed by atoms with E-state index < -0.39 is 11.2 Å². The number of aromatic nitrogens is 4. The van der Waals surface area contributed by atoms with Crippen molar-refractivity contribution < 1.29 is 9.84 Å². The van der Waals surface area contributed by atoms with Crippen LogP contribution < -0.4 is 21.3 Å². The Bertz CT molecular complexity index is 1050. The van der Waals surface area contributed by atoms with Gasteiger partial charge >= 0.3 is 5.69 Å². The van der Waals surface area contributed by atoms with Crippen LogP contribution in [0.2, 0.25) is 0 Å². The van der Waals surface area contributed by atoms with Crippen LogP contribution in [0.25, 0.3) is 11.2 Å². The normalized spacial score (nSPS) is 11.1. The van der Waals surface area contributed by atoms with E-state index in [1.54, 1.807) is 18.7 Å². The summed E-state index contributed by atoms with van der Waals surface area (Å²) in [4.78, 5) is 29.3. The van der Waals surface area contributed by atoms with E-state index in [1.807, 2.05) is 24.3 Å². The smallest absolute Gasteiger partial charge is 0.332 e. The number of aliphatic hydroxyl groups is 1. The van der Waals surface area contributed by atoms with Gasteiger partial charge in [-0.05, 0) is 17.7 Å². The Labute approximate surface area is 149 Å². The number of ether oxygens (including phenoxy) is 1. The molecule has 0 saturated heterocycles. The number of benzene rings is 1. The highest BCUT2D eigenvalue weighted by Crippen LogP contribution is 2.19. The van der Waals surface area contributed by atoms with E-state index in [1.165, 1.54) is 11.6 Å². The van der Waals surface area contributed by atoms with E-state index in [9.17, 15) is 9.59 Å². The molecule has 2 N–H and O–H groups in total. The summed E-state index contributed by atoms with van der Waals surface area (Å²) in [6.07, 6.45) is 0. The molecule has 3 rings (SSSR count). The van der Waals surface area contributed by atoms with Crippen LogP contribution in [0, 0.1) is 0 Å². The number of nitrogens with zero attached hydrogens (tertiary/aromatic N) is 4. The zero-order valence-corrected chi connectivity index (χ0v) is 14.9. The molecule has 26 heavy (non-hydrogen) atoms. The Morgan fingerprint density at radius 1 is 1.15 bits per heavy atom. The maximum Gasteiger partial charge on any atom is 0.332 e. The molecule has 0 unspecified atom stereocenters. The van der Waals surface area contributed by atoms with E-state index in [0.29, 0.717) is 23.7 Å². The molecule has 0 fully saturated rings. The summed E-state index contributed by atoms with van der Waals surface area (Å²) in [5.41, 5.74) is 0.706. The quantitative estimate of drug-likeness (QED) is 0.637. The van der Waals surface area contributed by atoms with Gasteiger partial charge in [0.05, 0.1) is 20.3 Å². The third-order valence-corrected chi connectivity index (χ3v) is 4.24. The molecule has 0 spiro atoms. The molecular formula is C17H21N5O4. The third-order valence-electron chi connectivity index (χ3n) is 4.24. The molecule has 0 atom stereocenters. The Kier molecular flexibility index (Phi) is 4.81. The number of methoxy groups -OCH3 is 1. The van der Waals surface area contributed by atoms with Gasteiger partial charge in [0.2, 0.25) is 5.95 Å². The molecule has 1 aromatic carbocycles. The first-order valence-corrected chi connectivity index (χ1v) is 8.11. The molecule has 2 heterocycles. The van der Waals surface area contributed by atoms with E-state index >= 15 is 0 Å². The van der Waals surface area contributed by atoms with Crippen molar-refractivity contribution in [2.75, 3.05) is 25.6 Å². The van der Waals surface area contributed by atoms with Gasteiger partial charge in [-0.2, -0.15) is 4.98 Å². The van der Waals surface area contributed by atoms with Crippen molar-refractivity contribution in [1.29, 1.82) is 0 Å². The van der Waals surface area contributed by atoms with Crippen molar-refractivity contribution in [2.45, 2.75) is 6.54 Å². The minimum Gasteiger partial charge on any atom is -0.497 e. The van der Waals surface area contributed by atoms with Crippen molar-refractivity contribution in [3.63, 3.8) is 0 Å². The predicted molar refractivity (Wildman–Crippen MR) is 97.9 cm³/mol. The number of anilines is 1. The maximum absolute atomic E-state index is 12.7. The summed E-state index contributed by atoms with van der Waals surface area (Å²) in [6, 6.07) is 7.46. The SMILES string of the molecule is COc1ccc(Cn2c(NCCO)nc3c2c(=O)n(C)c(=O)n3C)cc1. The van der Waals surface area contributed by atoms with Crippen LogP contribution in [-0.4, -0.2) is 44.1 Å². The number of aryl methyl sites for hydroxylation is 1. The van der Waals surface area contributed by atoms with Gasteiger partial charge in [-0.1, -0.05) is 12.1 Å². The molecule has 2 aromatic heterocycles. The summed E-state index contributed by atoms with van der Waals surface area (Å²) in [7, 11) is 4.61. The zero-order chi connectivity index (χ0) is 18.8. The molecule has 3 aromatic rings. The fourth-order valence-corrected chi connectivity index (χ4v) is 2.82. The lowest BCUT2D eigenvalue weighted by Gasteiger charge is -2.11. The average Bonchev–Trinajstić information content (AvgIpc) is 3.02. The van der Waals surface area contributed by atoms with E-state index in [4.69, 9.17) is 9.84 Å². The van der Waals surface area contributed by atoms with Gasteiger partial charge in [0.25, 0.3) is 5.56 Å². The monoisotopic (exact) mass is 359 g/mol. The lowest BCUT2D eigenvalue weighted by Crippen LogP contribution is -2.37. The van der Waals surface area contributed by atoms with Gasteiger partial charge < -0.3 is 15.2 Å². The van der Waals surface area contributed by atoms with Crippen LogP contribution in [-0.2, 0) is 20.6 Å². The Morgan fingerprint density at radius 2 is 1.85 bits per heavy atom. The summed E-state index contributed by atoms with van der Waals surface area (Å²) < 4.78 is 9.28. The number of hydrogen-bond donors (Lipinski definition) is 2. The number of imidazole rings is 1. The molecule has 0 amide bonds. The molecule has 0 aliphatic carbocycles. The number of rotatable bonds is 6. The highest BCUT2D eigenvalue weighted by atomic mass is 16.5. The van der Waals surface area contributed by atoms with Gasteiger partial charge in [-0.25, -0.2) is 4.79 Å². The van der Waals surface area contributed by atoms with Crippen molar-refractivity contribution in [3.05, 3.63) is 50.7 Å². The second-order valence-corrected chi connectivity index (χ2v) is 5.90. The van der Waals surface area contributed by atoms with Gasteiger partial charge in [0.1, 0.15) is 5.75 Å². The van der Waals surface area contributed by atoms with Crippen LogP contribution in [0.5, 0.6) is 5.75 Å². The molecule has 9 nitrogen and oxygen atoms in total. The molecule has 0 saturated carbocycles. The lowest BCUT2D eigenvalue weighted by atomic mass is 10.2. The minimum absolute atomic E-state index is 0.0807. The van der Waals surface area contributed by atoms with Crippen molar-refractivity contribution >= 4 is 17.1 Å². The molecule has 0 radical (unpaired) electrons. The van der Waals surface area contributed by atoms with Crippen LogP contribution in [0.4, 0.5) is 5.95 Å². The minimum atomic E-state index is -0.440. The maximum atomic E-state index is 12.7. The van der Waals surface area contributed by atoms with Crippen LogP contribution >= 0.6 is 0 Å². The second kappa shape index (κ2) is 7.04.